The lowest BCUT2D eigenvalue weighted by Gasteiger charge is -2.31. The summed E-state index contributed by atoms with van der Waals surface area (Å²) in [7, 11) is -0.922. The number of nitrogens with zero attached hydrogens (tertiary/aromatic N) is 4. The van der Waals surface area contributed by atoms with Crippen LogP contribution in [0.15, 0.2) is 37.4 Å². The summed E-state index contributed by atoms with van der Waals surface area (Å²) in [6.45, 7) is 0. The first-order chi connectivity index (χ1) is 8.86. The average molecular weight is 263 g/mol. The van der Waals surface area contributed by atoms with Crippen LogP contribution in [0, 0.1) is 0 Å². The summed E-state index contributed by atoms with van der Waals surface area (Å²) in [6, 6.07) is 0. The van der Waals surface area contributed by atoms with Gasteiger partial charge in [0.15, 0.2) is 0 Å². The van der Waals surface area contributed by atoms with Crippen molar-refractivity contribution in [2.45, 2.75) is 31.8 Å². The molecule has 0 atom stereocenters. The van der Waals surface area contributed by atoms with Crippen LogP contribution < -0.4 is 0 Å². The van der Waals surface area contributed by atoms with Gasteiger partial charge in [-0.15, -0.1) is 0 Å². The molecule has 1 saturated heterocycles. The molecule has 3 heterocycles. The van der Waals surface area contributed by atoms with Gasteiger partial charge in [-0.25, -0.2) is 9.97 Å². The van der Waals surface area contributed by atoms with Crippen molar-refractivity contribution < 1.29 is 0 Å². The van der Waals surface area contributed by atoms with Crippen LogP contribution in [0.3, 0.4) is 0 Å². The highest BCUT2D eigenvalue weighted by Gasteiger charge is 2.39. The SMILES string of the molecule is c1cn(C[P+]2(Cn3ccnc3)CCCCC2)cn1. The maximum atomic E-state index is 4.18. The number of hydrogen-bond donors (Lipinski definition) is 0. The van der Waals surface area contributed by atoms with Gasteiger partial charge in [-0.2, -0.15) is 0 Å². The third-order valence-electron chi connectivity index (χ3n) is 3.81. The second kappa shape index (κ2) is 5.23. The predicted octanol–water partition coefficient (Wildman–Crippen LogP) is 2.90. The Morgan fingerprint density at radius 1 is 0.833 bits per heavy atom. The van der Waals surface area contributed by atoms with E-state index >= 15 is 0 Å². The van der Waals surface area contributed by atoms with Crippen LogP contribution in [-0.2, 0) is 12.6 Å². The van der Waals surface area contributed by atoms with Gasteiger partial charge in [-0.1, -0.05) is 0 Å². The van der Waals surface area contributed by atoms with Crippen molar-refractivity contribution in [1.29, 1.82) is 0 Å². The lowest BCUT2D eigenvalue weighted by Crippen LogP contribution is -2.18. The van der Waals surface area contributed by atoms with E-state index in [9.17, 15) is 0 Å². The van der Waals surface area contributed by atoms with Crippen molar-refractivity contribution in [2.24, 2.45) is 0 Å². The van der Waals surface area contributed by atoms with E-state index in [0.29, 0.717) is 0 Å². The molecule has 18 heavy (non-hydrogen) atoms. The quantitative estimate of drug-likeness (QED) is 0.795. The van der Waals surface area contributed by atoms with E-state index < -0.39 is 7.26 Å². The Hall–Kier alpha value is -1.15. The third kappa shape index (κ3) is 2.64. The van der Waals surface area contributed by atoms with Gasteiger partial charge in [0.1, 0.15) is 12.6 Å². The van der Waals surface area contributed by atoms with Crippen LogP contribution in [0.2, 0.25) is 0 Å². The van der Waals surface area contributed by atoms with E-state index in [4.69, 9.17) is 0 Å². The summed E-state index contributed by atoms with van der Waals surface area (Å²) in [5.74, 6) is 0. The highest BCUT2D eigenvalue weighted by molar-refractivity contribution is 7.74. The summed E-state index contributed by atoms with van der Waals surface area (Å²) in [5, 5.41) is 0. The maximum absolute atomic E-state index is 4.18. The summed E-state index contributed by atoms with van der Waals surface area (Å²) in [6.07, 6.45) is 21.3. The smallest absolute Gasteiger partial charge is 0.136 e. The number of rotatable bonds is 4. The van der Waals surface area contributed by atoms with Crippen molar-refractivity contribution in [3.63, 3.8) is 0 Å². The van der Waals surface area contributed by atoms with Crippen LogP contribution in [0.4, 0.5) is 0 Å². The lowest BCUT2D eigenvalue weighted by atomic mass is 10.3. The molecular formula is C13H20N4P+. The minimum atomic E-state index is -0.922. The molecule has 0 saturated carbocycles. The van der Waals surface area contributed by atoms with Crippen LogP contribution in [0.5, 0.6) is 0 Å². The Morgan fingerprint density at radius 2 is 1.39 bits per heavy atom. The van der Waals surface area contributed by atoms with Crippen molar-refractivity contribution >= 4 is 7.26 Å². The first-order valence-corrected chi connectivity index (χ1v) is 9.16. The monoisotopic (exact) mass is 263 g/mol. The van der Waals surface area contributed by atoms with Crippen molar-refractivity contribution in [2.75, 3.05) is 12.3 Å². The minimum Gasteiger partial charge on any atom is -0.304 e. The lowest BCUT2D eigenvalue weighted by molar-refractivity contribution is 0.707. The van der Waals surface area contributed by atoms with Gasteiger partial charge in [-0.3, -0.25) is 0 Å². The summed E-state index contributed by atoms with van der Waals surface area (Å²) < 4.78 is 4.55. The highest BCUT2D eigenvalue weighted by atomic mass is 31.2. The fourth-order valence-electron chi connectivity index (χ4n) is 2.94. The van der Waals surface area contributed by atoms with Crippen molar-refractivity contribution in [3.05, 3.63) is 37.4 Å². The number of imidazole rings is 2. The molecule has 0 N–H and O–H groups in total. The molecule has 96 valence electrons. The minimum absolute atomic E-state index is 0.922. The molecular weight excluding hydrogens is 243 g/mol. The van der Waals surface area contributed by atoms with Gasteiger partial charge in [0.25, 0.3) is 0 Å². The van der Waals surface area contributed by atoms with Crippen LogP contribution >= 0.6 is 7.26 Å². The fourth-order valence-corrected chi connectivity index (χ4v) is 7.33. The second-order valence-electron chi connectivity index (χ2n) is 5.29. The molecule has 0 amide bonds. The summed E-state index contributed by atoms with van der Waals surface area (Å²) in [4.78, 5) is 8.35. The third-order valence-corrected chi connectivity index (χ3v) is 8.19. The zero-order valence-corrected chi connectivity index (χ0v) is 11.5. The Bertz CT molecular complexity index is 419. The standard InChI is InChI=1S/C13H20N4P/c1-2-8-18(9-3-1,12-16-6-4-14-10-16)13-17-7-5-15-11-17/h4-7,10-11H,1-3,8-9,12-13H2/q+1. The van der Waals surface area contributed by atoms with Gasteiger partial charge >= 0.3 is 0 Å². The predicted molar refractivity (Wildman–Crippen MR) is 75.0 cm³/mol. The van der Waals surface area contributed by atoms with Crippen LogP contribution in [-0.4, -0.2) is 31.4 Å². The molecule has 1 fully saturated rings. The number of aromatic nitrogens is 4. The van der Waals surface area contributed by atoms with Crippen LogP contribution in [0.25, 0.3) is 0 Å². The molecule has 0 unspecified atom stereocenters. The van der Waals surface area contributed by atoms with E-state index in [1.807, 2.05) is 25.0 Å². The molecule has 2 aromatic heterocycles. The maximum Gasteiger partial charge on any atom is 0.136 e. The van der Waals surface area contributed by atoms with Crippen molar-refractivity contribution in [3.8, 4) is 0 Å². The molecule has 0 radical (unpaired) electrons. The van der Waals surface area contributed by atoms with E-state index in [0.717, 1.165) is 0 Å². The first-order valence-electron chi connectivity index (χ1n) is 6.63. The molecule has 2 aromatic rings. The summed E-state index contributed by atoms with van der Waals surface area (Å²) >= 11 is 0. The molecule has 0 aromatic carbocycles. The molecule has 5 heteroatoms. The van der Waals surface area contributed by atoms with E-state index in [1.54, 1.807) is 0 Å². The van der Waals surface area contributed by atoms with Crippen LogP contribution in [0.1, 0.15) is 19.3 Å². The number of hydrogen-bond acceptors (Lipinski definition) is 2. The molecule has 1 aliphatic heterocycles. The highest BCUT2D eigenvalue weighted by Crippen LogP contribution is 2.64. The molecule has 1 aliphatic rings. The Labute approximate surface area is 108 Å². The van der Waals surface area contributed by atoms with Crippen molar-refractivity contribution in [1.82, 2.24) is 19.1 Å². The topological polar surface area (TPSA) is 35.6 Å². The van der Waals surface area contributed by atoms with Gasteiger partial charge < -0.3 is 9.13 Å². The molecule has 0 spiro atoms. The molecule has 4 nitrogen and oxygen atoms in total. The van der Waals surface area contributed by atoms with E-state index in [1.165, 1.54) is 44.2 Å². The molecule has 0 bridgehead atoms. The van der Waals surface area contributed by atoms with Gasteiger partial charge in [0, 0.05) is 24.8 Å². The van der Waals surface area contributed by atoms with Gasteiger partial charge in [0.2, 0.25) is 0 Å². The van der Waals surface area contributed by atoms with Gasteiger partial charge in [0.05, 0.1) is 32.2 Å². The van der Waals surface area contributed by atoms with Gasteiger partial charge in [-0.05, 0) is 19.3 Å². The van der Waals surface area contributed by atoms with E-state index in [2.05, 4.69) is 31.5 Å². The zero-order valence-electron chi connectivity index (χ0n) is 10.6. The normalized spacial score (nSPS) is 18.9. The molecule has 3 rings (SSSR count). The zero-order chi connectivity index (χ0) is 12.3. The largest absolute Gasteiger partial charge is 0.304 e. The Morgan fingerprint density at radius 3 is 1.83 bits per heavy atom. The Kier molecular flexibility index (Phi) is 3.46. The Balaban J connectivity index is 1.79. The second-order valence-corrected chi connectivity index (χ2v) is 9.43. The first kappa shape index (κ1) is 11.9. The fraction of sp³-hybridized carbons (Fsp3) is 0.538. The average Bonchev–Trinajstić information content (AvgIpc) is 3.04. The summed E-state index contributed by atoms with van der Waals surface area (Å²) in [5.41, 5.74) is 0. The molecule has 0 aliphatic carbocycles. The van der Waals surface area contributed by atoms with E-state index in [-0.39, 0.29) is 0 Å².